The van der Waals surface area contributed by atoms with Gasteiger partial charge in [-0.2, -0.15) is 0 Å². The highest BCUT2D eigenvalue weighted by molar-refractivity contribution is 7.20. The normalized spacial score (nSPS) is 10.9. The molecule has 6 heteroatoms. The van der Waals surface area contributed by atoms with Crippen LogP contribution >= 0.6 is 11.3 Å². The number of hydrogen-bond acceptors (Lipinski definition) is 6. The van der Waals surface area contributed by atoms with Gasteiger partial charge >= 0.3 is 5.97 Å². The third kappa shape index (κ3) is 3.84. The van der Waals surface area contributed by atoms with E-state index in [0.717, 1.165) is 32.6 Å². The van der Waals surface area contributed by atoms with Crippen LogP contribution in [0.4, 0.5) is 11.5 Å². The Labute approximate surface area is 173 Å². The molecule has 0 unspecified atom stereocenters. The number of thiophene rings is 1. The highest BCUT2D eigenvalue weighted by Gasteiger charge is 2.21. The summed E-state index contributed by atoms with van der Waals surface area (Å²) in [6.45, 7) is 6.30. The molecule has 4 rings (SSSR count). The lowest BCUT2D eigenvalue weighted by atomic mass is 10.1. The third-order valence-electron chi connectivity index (χ3n) is 4.98. The molecular weight excluding hydrogens is 382 g/mol. The summed E-state index contributed by atoms with van der Waals surface area (Å²) < 4.78 is 5.52. The van der Waals surface area contributed by atoms with E-state index in [-0.39, 0.29) is 12.6 Å². The van der Waals surface area contributed by atoms with Gasteiger partial charge in [-0.3, -0.25) is 0 Å². The number of anilines is 2. The molecule has 146 valence electrons. The maximum Gasteiger partial charge on any atom is 0.349 e. The quantitative estimate of drug-likeness (QED) is 0.432. The Hall–Kier alpha value is -3.25. The number of nitrogens with one attached hydrogen (secondary N) is 1. The first-order valence-electron chi connectivity index (χ1n) is 9.33. The number of fused-ring (bicyclic) bond motifs is 1. The maximum atomic E-state index is 12.7. The van der Waals surface area contributed by atoms with Gasteiger partial charge in [-0.25, -0.2) is 14.8 Å². The van der Waals surface area contributed by atoms with Crippen molar-refractivity contribution >= 4 is 39.0 Å². The number of aromatic nitrogens is 2. The third-order valence-corrected chi connectivity index (χ3v) is 6.16. The number of hydrogen-bond donors (Lipinski definition) is 1. The molecule has 1 N–H and O–H groups in total. The second-order valence-electron chi connectivity index (χ2n) is 6.89. The zero-order valence-corrected chi connectivity index (χ0v) is 17.3. The number of aryl methyl sites for hydroxylation is 2. The first-order valence-corrected chi connectivity index (χ1v) is 10.1. The van der Waals surface area contributed by atoms with E-state index in [4.69, 9.17) is 4.74 Å². The Morgan fingerprint density at radius 2 is 1.79 bits per heavy atom. The van der Waals surface area contributed by atoms with Crippen LogP contribution in [0.3, 0.4) is 0 Å². The number of rotatable bonds is 5. The lowest BCUT2D eigenvalue weighted by Gasteiger charge is -2.11. The van der Waals surface area contributed by atoms with Crippen molar-refractivity contribution in [2.45, 2.75) is 27.4 Å². The molecule has 29 heavy (non-hydrogen) atoms. The van der Waals surface area contributed by atoms with E-state index in [2.05, 4.69) is 35.2 Å². The number of ether oxygens (including phenoxy) is 1. The van der Waals surface area contributed by atoms with Crippen LogP contribution in [0.2, 0.25) is 0 Å². The first kappa shape index (κ1) is 19.1. The van der Waals surface area contributed by atoms with Gasteiger partial charge in [0.05, 0.1) is 5.39 Å². The summed E-state index contributed by atoms with van der Waals surface area (Å²) in [5, 5.41) is 4.26. The van der Waals surface area contributed by atoms with E-state index < -0.39 is 0 Å². The van der Waals surface area contributed by atoms with Crippen molar-refractivity contribution in [3.8, 4) is 0 Å². The van der Waals surface area contributed by atoms with E-state index in [0.29, 0.717) is 10.7 Å². The summed E-state index contributed by atoms with van der Waals surface area (Å²) in [6.07, 6.45) is 1.52. The van der Waals surface area contributed by atoms with Crippen LogP contribution in [-0.4, -0.2) is 15.9 Å². The van der Waals surface area contributed by atoms with Crippen molar-refractivity contribution in [3.05, 3.63) is 82.0 Å². The van der Waals surface area contributed by atoms with Gasteiger partial charge in [-0.05, 0) is 49.1 Å². The van der Waals surface area contributed by atoms with Crippen LogP contribution in [0.15, 0.2) is 54.9 Å². The average molecular weight is 404 g/mol. The molecule has 0 saturated carbocycles. The highest BCUT2D eigenvalue weighted by atomic mass is 32.1. The number of carbonyl (C=O) groups excluding carboxylic acids is 1. The van der Waals surface area contributed by atoms with Crippen LogP contribution in [0.25, 0.3) is 10.2 Å². The number of benzene rings is 2. The van der Waals surface area contributed by atoms with E-state index in [1.165, 1.54) is 23.2 Å². The van der Waals surface area contributed by atoms with Crippen LogP contribution in [0, 0.1) is 20.8 Å². The molecule has 4 aromatic rings. The molecule has 0 bridgehead atoms. The Morgan fingerprint density at radius 1 is 1.00 bits per heavy atom. The molecule has 0 saturated heterocycles. The highest BCUT2D eigenvalue weighted by Crippen LogP contribution is 2.35. The van der Waals surface area contributed by atoms with Gasteiger partial charge in [0.2, 0.25) is 0 Å². The smallest absolute Gasteiger partial charge is 0.349 e. The topological polar surface area (TPSA) is 64.1 Å². The number of esters is 1. The van der Waals surface area contributed by atoms with Gasteiger partial charge in [-0.15, -0.1) is 11.3 Å². The minimum atomic E-state index is -0.341. The Bertz CT molecular complexity index is 1190. The van der Waals surface area contributed by atoms with Crippen LogP contribution in [0.1, 0.15) is 31.9 Å². The SMILES string of the molecule is Cc1cccc(Nc2ncnc3sc(C(=O)OCc4ccccc4)c(C)c23)c1C. The summed E-state index contributed by atoms with van der Waals surface area (Å²) in [6, 6.07) is 15.8. The summed E-state index contributed by atoms with van der Waals surface area (Å²) in [7, 11) is 0. The fourth-order valence-electron chi connectivity index (χ4n) is 3.16. The predicted molar refractivity (Wildman–Crippen MR) is 117 cm³/mol. The Balaban J connectivity index is 1.64. The second kappa shape index (κ2) is 8.01. The minimum absolute atomic E-state index is 0.243. The molecule has 2 heterocycles. The molecule has 0 aliphatic heterocycles. The van der Waals surface area contributed by atoms with E-state index in [9.17, 15) is 4.79 Å². The minimum Gasteiger partial charge on any atom is -0.457 e. The van der Waals surface area contributed by atoms with Gasteiger partial charge in [0.15, 0.2) is 0 Å². The molecule has 0 fully saturated rings. The van der Waals surface area contributed by atoms with Gasteiger partial charge in [0.25, 0.3) is 0 Å². The first-order chi connectivity index (χ1) is 14.0. The van der Waals surface area contributed by atoms with Crippen molar-refractivity contribution < 1.29 is 9.53 Å². The molecule has 0 spiro atoms. The van der Waals surface area contributed by atoms with Crippen LogP contribution in [0.5, 0.6) is 0 Å². The van der Waals surface area contributed by atoms with Crippen molar-refractivity contribution in [1.29, 1.82) is 0 Å². The van der Waals surface area contributed by atoms with Gasteiger partial charge in [0, 0.05) is 5.69 Å². The Morgan fingerprint density at radius 3 is 2.59 bits per heavy atom. The molecule has 0 atom stereocenters. The predicted octanol–water partition coefficient (Wildman–Crippen LogP) is 5.72. The number of nitrogens with zero attached hydrogens (tertiary/aromatic N) is 2. The summed E-state index contributed by atoms with van der Waals surface area (Å²) in [4.78, 5) is 22.8. The van der Waals surface area contributed by atoms with Crippen molar-refractivity contribution in [1.82, 2.24) is 9.97 Å². The maximum absolute atomic E-state index is 12.7. The fraction of sp³-hybridized carbons (Fsp3) is 0.174. The monoisotopic (exact) mass is 403 g/mol. The molecular formula is C23H21N3O2S. The molecule has 2 aromatic heterocycles. The van der Waals surface area contributed by atoms with Gasteiger partial charge in [0.1, 0.15) is 28.5 Å². The lowest BCUT2D eigenvalue weighted by molar-refractivity contribution is 0.0478. The van der Waals surface area contributed by atoms with Crippen molar-refractivity contribution in [2.75, 3.05) is 5.32 Å². The standard InChI is InChI=1S/C23H21N3O2S/c1-14-8-7-11-18(15(14)2)26-21-19-16(3)20(29-22(19)25-13-24-21)23(27)28-12-17-9-5-4-6-10-17/h4-11,13H,12H2,1-3H3,(H,24,25,26). The van der Waals surface area contributed by atoms with E-state index >= 15 is 0 Å². The number of carbonyl (C=O) groups is 1. The van der Waals surface area contributed by atoms with Crippen molar-refractivity contribution in [3.63, 3.8) is 0 Å². The largest absolute Gasteiger partial charge is 0.457 e. The Kier molecular flexibility index (Phi) is 5.27. The summed E-state index contributed by atoms with van der Waals surface area (Å²) in [5.74, 6) is 0.353. The molecule has 0 amide bonds. The molecule has 0 aliphatic rings. The second-order valence-corrected chi connectivity index (χ2v) is 7.89. The average Bonchev–Trinajstić information content (AvgIpc) is 3.08. The molecule has 5 nitrogen and oxygen atoms in total. The summed E-state index contributed by atoms with van der Waals surface area (Å²) in [5.41, 5.74) is 5.14. The zero-order chi connectivity index (χ0) is 20.4. The molecule has 0 radical (unpaired) electrons. The molecule has 0 aliphatic carbocycles. The van der Waals surface area contributed by atoms with E-state index in [1.807, 2.05) is 49.4 Å². The zero-order valence-electron chi connectivity index (χ0n) is 16.5. The van der Waals surface area contributed by atoms with Gasteiger partial charge < -0.3 is 10.1 Å². The molecule has 2 aromatic carbocycles. The van der Waals surface area contributed by atoms with Crippen LogP contribution in [-0.2, 0) is 11.3 Å². The lowest BCUT2D eigenvalue weighted by Crippen LogP contribution is -2.04. The van der Waals surface area contributed by atoms with Gasteiger partial charge in [-0.1, -0.05) is 42.5 Å². The fourth-order valence-corrected chi connectivity index (χ4v) is 4.21. The van der Waals surface area contributed by atoms with Crippen molar-refractivity contribution in [2.24, 2.45) is 0 Å². The van der Waals surface area contributed by atoms with Crippen LogP contribution < -0.4 is 5.32 Å². The summed E-state index contributed by atoms with van der Waals surface area (Å²) >= 11 is 1.33. The van der Waals surface area contributed by atoms with E-state index in [1.54, 1.807) is 0 Å².